The third-order valence-electron chi connectivity index (χ3n) is 2.40. The molecule has 1 aromatic heterocycles. The number of anilines is 2. The summed E-state index contributed by atoms with van der Waals surface area (Å²) in [6.45, 7) is 0. The number of para-hydroxylation sites is 1. The number of nitrogens with one attached hydrogen (secondary N) is 2. The number of rotatable bonds is 7. The number of benzene rings is 1. The van der Waals surface area contributed by atoms with Crippen molar-refractivity contribution in [1.82, 2.24) is 10.2 Å². The molecule has 0 atom stereocenters. The second kappa shape index (κ2) is 8.63. The Bertz CT molecular complexity index is 682. The second-order valence-corrected chi connectivity index (χ2v) is 7.12. The van der Waals surface area contributed by atoms with Crippen molar-refractivity contribution in [2.75, 3.05) is 29.2 Å². The summed E-state index contributed by atoms with van der Waals surface area (Å²) in [5.74, 6) is 0.491. The molecule has 22 heavy (non-hydrogen) atoms. The molecule has 2 aromatic rings. The standard InChI is InChI=1S/C13H13N5OS3/c1-15-12-17-18-13(22-12)21-8-11(19)16-9-4-2-3-5-10(9)20-7-6-14/h2-5H,7-8H2,1H3,(H,15,17)(H,16,19). The average Bonchev–Trinajstić information content (AvgIpc) is 3.00. The van der Waals surface area contributed by atoms with E-state index in [9.17, 15) is 4.79 Å². The molecule has 114 valence electrons. The fourth-order valence-electron chi connectivity index (χ4n) is 1.49. The van der Waals surface area contributed by atoms with Crippen molar-refractivity contribution in [2.45, 2.75) is 9.24 Å². The first-order valence-electron chi connectivity index (χ1n) is 6.25. The zero-order chi connectivity index (χ0) is 15.8. The summed E-state index contributed by atoms with van der Waals surface area (Å²) in [6.07, 6.45) is 0. The number of aromatic nitrogens is 2. The number of amides is 1. The van der Waals surface area contributed by atoms with Crippen molar-refractivity contribution in [3.05, 3.63) is 24.3 Å². The summed E-state index contributed by atoms with van der Waals surface area (Å²) in [7, 11) is 1.78. The maximum absolute atomic E-state index is 12.0. The lowest BCUT2D eigenvalue weighted by atomic mass is 10.3. The van der Waals surface area contributed by atoms with Gasteiger partial charge >= 0.3 is 0 Å². The number of nitriles is 1. The van der Waals surface area contributed by atoms with Crippen LogP contribution >= 0.6 is 34.9 Å². The van der Waals surface area contributed by atoms with Crippen LogP contribution in [0.5, 0.6) is 0 Å². The van der Waals surface area contributed by atoms with E-state index in [1.165, 1.54) is 34.9 Å². The average molecular weight is 351 g/mol. The molecule has 6 nitrogen and oxygen atoms in total. The van der Waals surface area contributed by atoms with Crippen molar-refractivity contribution >= 4 is 51.6 Å². The van der Waals surface area contributed by atoms with Gasteiger partial charge in [-0.1, -0.05) is 35.2 Å². The van der Waals surface area contributed by atoms with Gasteiger partial charge in [0.05, 0.1) is 23.3 Å². The van der Waals surface area contributed by atoms with E-state index in [0.29, 0.717) is 5.75 Å². The van der Waals surface area contributed by atoms with Crippen LogP contribution in [0.3, 0.4) is 0 Å². The second-order valence-electron chi connectivity index (χ2n) is 3.90. The van der Waals surface area contributed by atoms with Gasteiger partial charge in [-0.2, -0.15) is 5.26 Å². The molecular formula is C13H13N5OS3. The molecular weight excluding hydrogens is 338 g/mol. The first kappa shape index (κ1) is 16.6. The first-order chi connectivity index (χ1) is 10.7. The van der Waals surface area contributed by atoms with Crippen LogP contribution in [0.25, 0.3) is 0 Å². The maximum Gasteiger partial charge on any atom is 0.234 e. The van der Waals surface area contributed by atoms with Gasteiger partial charge in [-0.05, 0) is 12.1 Å². The zero-order valence-electron chi connectivity index (χ0n) is 11.7. The number of nitrogens with zero attached hydrogens (tertiary/aromatic N) is 3. The third-order valence-corrected chi connectivity index (χ3v) is 5.41. The van der Waals surface area contributed by atoms with Crippen LogP contribution in [-0.4, -0.2) is 34.7 Å². The minimum atomic E-state index is -0.115. The van der Waals surface area contributed by atoms with Crippen molar-refractivity contribution in [2.24, 2.45) is 0 Å². The first-order valence-corrected chi connectivity index (χ1v) is 9.04. The molecule has 9 heteroatoms. The van der Waals surface area contributed by atoms with Crippen LogP contribution in [0.1, 0.15) is 0 Å². The van der Waals surface area contributed by atoms with E-state index in [2.05, 4.69) is 26.9 Å². The summed E-state index contributed by atoms with van der Waals surface area (Å²) in [4.78, 5) is 12.9. The van der Waals surface area contributed by atoms with Gasteiger partial charge in [0.25, 0.3) is 0 Å². The van der Waals surface area contributed by atoms with E-state index >= 15 is 0 Å². The Hall–Kier alpha value is -1.76. The Morgan fingerprint density at radius 2 is 2.18 bits per heavy atom. The van der Waals surface area contributed by atoms with Crippen LogP contribution in [0.15, 0.2) is 33.5 Å². The van der Waals surface area contributed by atoms with Crippen molar-refractivity contribution in [3.63, 3.8) is 0 Å². The van der Waals surface area contributed by atoms with Gasteiger partial charge in [-0.3, -0.25) is 4.79 Å². The van der Waals surface area contributed by atoms with E-state index in [0.717, 1.165) is 20.1 Å². The number of carbonyl (C=O) groups is 1. The van der Waals surface area contributed by atoms with Crippen molar-refractivity contribution in [1.29, 1.82) is 5.26 Å². The van der Waals surface area contributed by atoms with Crippen LogP contribution < -0.4 is 10.6 Å². The molecule has 1 aromatic carbocycles. The molecule has 0 bridgehead atoms. The lowest BCUT2D eigenvalue weighted by Gasteiger charge is -2.08. The van der Waals surface area contributed by atoms with Crippen LogP contribution in [-0.2, 0) is 4.79 Å². The fraction of sp³-hybridized carbons (Fsp3) is 0.231. The molecule has 0 spiro atoms. The predicted molar refractivity (Wildman–Crippen MR) is 91.6 cm³/mol. The minimum absolute atomic E-state index is 0.115. The van der Waals surface area contributed by atoms with Crippen LogP contribution in [0, 0.1) is 11.3 Å². The smallest absolute Gasteiger partial charge is 0.234 e. The number of carbonyl (C=O) groups excluding carboxylic acids is 1. The number of hydrogen-bond acceptors (Lipinski definition) is 8. The quantitative estimate of drug-likeness (QED) is 0.741. The van der Waals surface area contributed by atoms with E-state index in [4.69, 9.17) is 5.26 Å². The van der Waals surface area contributed by atoms with Gasteiger partial charge in [-0.15, -0.1) is 22.0 Å². The molecule has 0 fully saturated rings. The Morgan fingerprint density at radius 3 is 2.91 bits per heavy atom. The lowest BCUT2D eigenvalue weighted by Crippen LogP contribution is -2.14. The maximum atomic E-state index is 12.0. The molecule has 2 N–H and O–H groups in total. The molecule has 0 saturated carbocycles. The van der Waals surface area contributed by atoms with E-state index in [1.807, 2.05) is 24.3 Å². The highest BCUT2D eigenvalue weighted by molar-refractivity contribution is 8.01. The molecule has 0 aliphatic carbocycles. The highest BCUT2D eigenvalue weighted by Crippen LogP contribution is 2.28. The van der Waals surface area contributed by atoms with Gasteiger partial charge < -0.3 is 10.6 Å². The summed E-state index contributed by atoms with van der Waals surface area (Å²) in [5, 5.41) is 23.0. The molecule has 1 amide bonds. The van der Waals surface area contributed by atoms with E-state index in [1.54, 1.807) is 7.05 Å². The van der Waals surface area contributed by atoms with Crippen LogP contribution in [0.4, 0.5) is 10.8 Å². The van der Waals surface area contributed by atoms with Gasteiger partial charge in [0.1, 0.15) is 0 Å². The lowest BCUT2D eigenvalue weighted by molar-refractivity contribution is -0.113. The Balaban J connectivity index is 1.90. The number of thioether (sulfide) groups is 2. The van der Waals surface area contributed by atoms with Crippen molar-refractivity contribution < 1.29 is 4.79 Å². The topological polar surface area (TPSA) is 90.7 Å². The molecule has 0 aliphatic rings. The van der Waals surface area contributed by atoms with Gasteiger partial charge in [0.2, 0.25) is 11.0 Å². The number of hydrogen-bond donors (Lipinski definition) is 2. The summed E-state index contributed by atoms with van der Waals surface area (Å²) in [6, 6.07) is 9.52. The normalized spacial score (nSPS) is 10.0. The van der Waals surface area contributed by atoms with Gasteiger partial charge in [-0.25, -0.2) is 0 Å². The minimum Gasteiger partial charge on any atom is -0.363 e. The molecule has 0 radical (unpaired) electrons. The molecule has 0 saturated heterocycles. The molecule has 0 unspecified atom stereocenters. The van der Waals surface area contributed by atoms with Crippen molar-refractivity contribution in [3.8, 4) is 6.07 Å². The van der Waals surface area contributed by atoms with Gasteiger partial charge in [0.15, 0.2) is 4.34 Å². The van der Waals surface area contributed by atoms with E-state index < -0.39 is 0 Å². The highest BCUT2D eigenvalue weighted by atomic mass is 32.2. The molecule has 2 rings (SSSR count). The summed E-state index contributed by atoms with van der Waals surface area (Å²) >= 11 is 4.14. The molecule has 0 aliphatic heterocycles. The predicted octanol–water partition coefficient (Wildman–Crippen LogP) is 2.93. The molecule has 1 heterocycles. The van der Waals surface area contributed by atoms with E-state index in [-0.39, 0.29) is 11.7 Å². The third kappa shape index (κ3) is 4.91. The highest BCUT2D eigenvalue weighted by Gasteiger charge is 2.10. The Kier molecular flexibility index (Phi) is 6.51. The summed E-state index contributed by atoms with van der Waals surface area (Å²) in [5.41, 5.74) is 0.724. The Labute approximate surface area is 140 Å². The Morgan fingerprint density at radius 1 is 1.36 bits per heavy atom. The van der Waals surface area contributed by atoms with Gasteiger partial charge in [0, 0.05) is 11.9 Å². The largest absolute Gasteiger partial charge is 0.363 e. The zero-order valence-corrected chi connectivity index (χ0v) is 14.1. The monoisotopic (exact) mass is 351 g/mol. The fourth-order valence-corrected chi connectivity index (χ4v) is 3.66. The SMILES string of the molecule is CNc1nnc(SCC(=O)Nc2ccccc2SCC#N)s1. The van der Waals surface area contributed by atoms with Crippen LogP contribution in [0.2, 0.25) is 0 Å². The summed E-state index contributed by atoms with van der Waals surface area (Å²) < 4.78 is 0.742.